The molecule has 2 heterocycles. The molecular weight excluding hydrogens is 375 g/mol. The molecule has 2 aromatic carbocycles. The molecule has 0 fully saturated rings. The number of carbonyl (C=O) groups is 1. The Morgan fingerprint density at radius 2 is 2.00 bits per heavy atom. The van der Waals surface area contributed by atoms with Gasteiger partial charge < -0.3 is 9.88 Å². The summed E-state index contributed by atoms with van der Waals surface area (Å²) in [5.41, 5.74) is 1.74. The third-order valence-electron chi connectivity index (χ3n) is 4.53. The van der Waals surface area contributed by atoms with Crippen LogP contribution >= 0.6 is 11.3 Å². The first-order valence-corrected chi connectivity index (χ1v) is 9.78. The van der Waals surface area contributed by atoms with Crippen molar-refractivity contribution in [2.45, 2.75) is 18.9 Å². The summed E-state index contributed by atoms with van der Waals surface area (Å²) >= 11 is 1.61. The Labute approximate surface area is 165 Å². The number of hydrogen-bond donors (Lipinski definition) is 1. The summed E-state index contributed by atoms with van der Waals surface area (Å²) in [7, 11) is 1.87. The molecule has 0 aliphatic carbocycles. The molecule has 1 N–H and O–H groups in total. The largest absolute Gasteiger partial charge is 0.342 e. The average Bonchev–Trinajstić information content (AvgIpc) is 3.31. The van der Waals surface area contributed by atoms with Crippen LogP contribution in [-0.4, -0.2) is 20.4 Å². The number of hydrogen-bond acceptors (Lipinski definition) is 4. The van der Waals surface area contributed by atoms with Gasteiger partial charge in [0.05, 0.1) is 15.2 Å². The van der Waals surface area contributed by atoms with Gasteiger partial charge in [0.1, 0.15) is 17.7 Å². The second-order valence-corrected chi connectivity index (χ2v) is 7.64. The van der Waals surface area contributed by atoms with Crippen LogP contribution in [0.4, 0.5) is 4.39 Å². The maximum absolute atomic E-state index is 13.3. The van der Waals surface area contributed by atoms with E-state index < -0.39 is 6.04 Å². The van der Waals surface area contributed by atoms with Gasteiger partial charge in [0.15, 0.2) is 0 Å². The zero-order valence-corrected chi connectivity index (χ0v) is 16.1. The lowest BCUT2D eigenvalue weighted by Gasteiger charge is -2.19. The second kappa shape index (κ2) is 7.90. The van der Waals surface area contributed by atoms with Crippen molar-refractivity contribution in [3.05, 3.63) is 83.1 Å². The number of rotatable bonds is 6. The maximum atomic E-state index is 13.3. The molecule has 1 amide bonds. The Balaban J connectivity index is 1.49. The summed E-state index contributed by atoms with van der Waals surface area (Å²) in [5, 5.41) is 3.97. The number of para-hydroxylation sites is 1. The van der Waals surface area contributed by atoms with Crippen LogP contribution in [0, 0.1) is 5.82 Å². The van der Waals surface area contributed by atoms with E-state index in [4.69, 9.17) is 0 Å². The number of amides is 1. The predicted octanol–water partition coefficient (Wildman–Crippen LogP) is 4.01. The minimum Gasteiger partial charge on any atom is -0.342 e. The van der Waals surface area contributed by atoms with Crippen LogP contribution in [0.25, 0.3) is 10.2 Å². The highest BCUT2D eigenvalue weighted by Gasteiger charge is 2.21. The maximum Gasteiger partial charge on any atom is 0.221 e. The molecule has 0 aliphatic rings. The highest BCUT2D eigenvalue weighted by atomic mass is 32.1. The smallest absolute Gasteiger partial charge is 0.221 e. The topological polar surface area (TPSA) is 59.8 Å². The molecule has 1 unspecified atom stereocenters. The number of nitrogens with zero attached hydrogens (tertiary/aromatic N) is 3. The van der Waals surface area contributed by atoms with E-state index in [9.17, 15) is 9.18 Å². The Kier molecular flexibility index (Phi) is 5.16. The van der Waals surface area contributed by atoms with Crippen LogP contribution in [0.1, 0.15) is 28.9 Å². The van der Waals surface area contributed by atoms with Crippen LogP contribution < -0.4 is 5.32 Å². The van der Waals surface area contributed by atoms with Gasteiger partial charge in [0.2, 0.25) is 5.91 Å². The molecule has 0 saturated heterocycles. The molecule has 0 radical (unpaired) electrons. The number of imidazole rings is 1. The van der Waals surface area contributed by atoms with E-state index in [0.717, 1.165) is 20.8 Å². The standard InChI is InChI=1S/C21H19FN4OS/c1-26-13-12-23-21(26)20(14-6-8-15(22)9-7-14)25-18(27)10-11-19-24-16-4-2-3-5-17(16)28-19/h2-9,12-13,20H,10-11H2,1H3,(H,25,27). The lowest BCUT2D eigenvalue weighted by Crippen LogP contribution is -2.31. The molecule has 1 atom stereocenters. The van der Waals surface area contributed by atoms with E-state index >= 15 is 0 Å². The fourth-order valence-electron chi connectivity index (χ4n) is 3.09. The number of nitrogens with one attached hydrogen (secondary N) is 1. The number of fused-ring (bicyclic) bond motifs is 1. The fraction of sp³-hybridized carbons (Fsp3) is 0.190. The van der Waals surface area contributed by atoms with Gasteiger partial charge >= 0.3 is 0 Å². The molecule has 0 spiro atoms. The zero-order chi connectivity index (χ0) is 19.5. The molecular formula is C21H19FN4OS. The molecule has 142 valence electrons. The molecule has 7 heteroatoms. The molecule has 2 aromatic heterocycles. The quantitative estimate of drug-likeness (QED) is 0.538. The van der Waals surface area contributed by atoms with Gasteiger partial charge in [-0.15, -0.1) is 11.3 Å². The minimum atomic E-state index is -0.441. The molecule has 0 aliphatic heterocycles. The summed E-state index contributed by atoms with van der Waals surface area (Å²) in [6, 6.07) is 13.6. The highest BCUT2D eigenvalue weighted by molar-refractivity contribution is 7.18. The van der Waals surface area contributed by atoms with E-state index in [2.05, 4.69) is 15.3 Å². The number of thiazole rings is 1. The zero-order valence-electron chi connectivity index (χ0n) is 15.3. The number of aromatic nitrogens is 3. The van der Waals surface area contributed by atoms with Gasteiger partial charge in [-0.25, -0.2) is 14.4 Å². The van der Waals surface area contributed by atoms with Gasteiger partial charge in [-0.2, -0.15) is 0 Å². The summed E-state index contributed by atoms with van der Waals surface area (Å²) in [6.07, 6.45) is 4.39. The van der Waals surface area contributed by atoms with E-state index in [-0.39, 0.29) is 11.7 Å². The van der Waals surface area contributed by atoms with Crippen LogP contribution in [-0.2, 0) is 18.3 Å². The van der Waals surface area contributed by atoms with Gasteiger partial charge in [0.25, 0.3) is 0 Å². The normalized spacial score (nSPS) is 12.2. The van der Waals surface area contributed by atoms with E-state index in [1.165, 1.54) is 12.1 Å². The van der Waals surface area contributed by atoms with Gasteiger partial charge in [-0.1, -0.05) is 24.3 Å². The van der Waals surface area contributed by atoms with Crippen LogP contribution in [0.15, 0.2) is 60.9 Å². The predicted molar refractivity (Wildman–Crippen MR) is 108 cm³/mol. The SMILES string of the molecule is Cn1ccnc1C(NC(=O)CCc1nc2ccccc2s1)c1ccc(F)cc1. The molecule has 28 heavy (non-hydrogen) atoms. The Morgan fingerprint density at radius 1 is 1.21 bits per heavy atom. The first-order valence-electron chi connectivity index (χ1n) is 8.96. The number of halogens is 1. The van der Waals surface area contributed by atoms with Crippen LogP contribution in [0.2, 0.25) is 0 Å². The van der Waals surface area contributed by atoms with Crippen LogP contribution in [0.5, 0.6) is 0 Å². The second-order valence-electron chi connectivity index (χ2n) is 6.52. The summed E-state index contributed by atoms with van der Waals surface area (Å²) < 4.78 is 16.3. The number of carbonyl (C=O) groups excluding carboxylic acids is 1. The summed E-state index contributed by atoms with van der Waals surface area (Å²) in [4.78, 5) is 21.6. The molecule has 0 saturated carbocycles. The molecule has 5 nitrogen and oxygen atoms in total. The molecule has 0 bridgehead atoms. The van der Waals surface area contributed by atoms with Crippen molar-refractivity contribution in [2.24, 2.45) is 7.05 Å². The minimum absolute atomic E-state index is 0.100. The van der Waals surface area contributed by atoms with E-state index in [1.807, 2.05) is 42.1 Å². The first-order chi connectivity index (χ1) is 13.6. The van der Waals surface area contributed by atoms with Gasteiger partial charge in [-0.05, 0) is 29.8 Å². The Morgan fingerprint density at radius 3 is 2.71 bits per heavy atom. The van der Waals surface area contributed by atoms with E-state index in [0.29, 0.717) is 18.7 Å². The molecule has 4 rings (SSSR count). The van der Waals surface area contributed by atoms with Crippen LogP contribution in [0.3, 0.4) is 0 Å². The van der Waals surface area contributed by atoms with Gasteiger partial charge in [-0.3, -0.25) is 4.79 Å². The average molecular weight is 394 g/mol. The van der Waals surface area contributed by atoms with Crippen molar-refractivity contribution in [3.63, 3.8) is 0 Å². The van der Waals surface area contributed by atoms with Crippen molar-refractivity contribution < 1.29 is 9.18 Å². The van der Waals surface area contributed by atoms with E-state index in [1.54, 1.807) is 29.7 Å². The highest BCUT2D eigenvalue weighted by Crippen LogP contribution is 2.24. The third kappa shape index (κ3) is 3.94. The Bertz CT molecular complexity index is 1070. The third-order valence-corrected chi connectivity index (χ3v) is 5.63. The fourth-order valence-corrected chi connectivity index (χ4v) is 4.05. The molecule has 4 aromatic rings. The summed E-state index contributed by atoms with van der Waals surface area (Å²) in [5.74, 6) is 0.279. The van der Waals surface area contributed by atoms with Crippen molar-refractivity contribution in [2.75, 3.05) is 0 Å². The van der Waals surface area contributed by atoms with Crippen molar-refractivity contribution in [1.29, 1.82) is 0 Å². The summed E-state index contributed by atoms with van der Waals surface area (Å²) in [6.45, 7) is 0. The van der Waals surface area contributed by atoms with Crippen molar-refractivity contribution >= 4 is 27.5 Å². The monoisotopic (exact) mass is 394 g/mol. The van der Waals surface area contributed by atoms with Gasteiger partial charge in [0, 0.05) is 32.3 Å². The Hall–Kier alpha value is -3.06. The van der Waals surface area contributed by atoms with Crippen molar-refractivity contribution in [3.8, 4) is 0 Å². The first kappa shape index (κ1) is 18.3. The number of benzene rings is 2. The lowest BCUT2D eigenvalue weighted by atomic mass is 10.1. The van der Waals surface area contributed by atoms with Crippen molar-refractivity contribution in [1.82, 2.24) is 19.9 Å². The number of aryl methyl sites for hydroxylation is 2. The lowest BCUT2D eigenvalue weighted by molar-refractivity contribution is -0.121.